The van der Waals surface area contributed by atoms with Gasteiger partial charge < -0.3 is 15.4 Å². The van der Waals surface area contributed by atoms with E-state index < -0.39 is 11.9 Å². The van der Waals surface area contributed by atoms with E-state index in [4.69, 9.17) is 4.74 Å². The van der Waals surface area contributed by atoms with Crippen LogP contribution in [0.2, 0.25) is 0 Å². The summed E-state index contributed by atoms with van der Waals surface area (Å²) in [5.41, 5.74) is 1.97. The van der Waals surface area contributed by atoms with Crippen LogP contribution in [0, 0.1) is 0 Å². The Hall–Kier alpha value is -2.67. The monoisotopic (exact) mass is 388 g/mol. The zero-order valence-electron chi connectivity index (χ0n) is 15.9. The summed E-state index contributed by atoms with van der Waals surface area (Å²) < 4.78 is 4.98. The molecule has 0 saturated carbocycles. The summed E-state index contributed by atoms with van der Waals surface area (Å²) in [5, 5.41) is 7.40. The Morgan fingerprint density at radius 2 is 1.67 bits per heavy atom. The molecule has 6 nitrogen and oxygen atoms in total. The van der Waals surface area contributed by atoms with Gasteiger partial charge in [0.05, 0.1) is 11.7 Å². The molecule has 0 aliphatic rings. The Balaban J connectivity index is 2.00. The number of hydrogen-bond donors (Lipinski definition) is 2. The Bertz CT molecular complexity index is 810. The first-order chi connectivity index (χ1) is 12.8. The van der Waals surface area contributed by atoms with Crippen LogP contribution in [0.25, 0.3) is 0 Å². The van der Waals surface area contributed by atoms with Crippen LogP contribution in [0.1, 0.15) is 59.9 Å². The largest absolute Gasteiger partial charge is 0.462 e. The number of amides is 2. The molecule has 27 heavy (non-hydrogen) atoms. The van der Waals surface area contributed by atoms with Crippen LogP contribution in [0.5, 0.6) is 0 Å². The van der Waals surface area contributed by atoms with Crippen molar-refractivity contribution in [1.29, 1.82) is 0 Å². The molecule has 1 aromatic heterocycles. The van der Waals surface area contributed by atoms with Crippen molar-refractivity contribution in [2.45, 2.75) is 39.7 Å². The fourth-order valence-corrected chi connectivity index (χ4v) is 3.11. The van der Waals surface area contributed by atoms with Gasteiger partial charge in [0.25, 0.3) is 11.8 Å². The zero-order valence-corrected chi connectivity index (χ0v) is 16.7. The van der Waals surface area contributed by atoms with E-state index in [1.807, 2.05) is 12.1 Å². The predicted octanol–water partition coefficient (Wildman–Crippen LogP) is 3.81. The lowest BCUT2D eigenvalue weighted by Crippen LogP contribution is -2.32. The molecule has 0 fully saturated rings. The van der Waals surface area contributed by atoms with Gasteiger partial charge in [-0.3, -0.25) is 14.4 Å². The molecule has 2 amide bonds. The van der Waals surface area contributed by atoms with Gasteiger partial charge in [-0.15, -0.1) is 11.3 Å². The minimum Gasteiger partial charge on any atom is -0.462 e. The molecule has 1 aromatic carbocycles. The van der Waals surface area contributed by atoms with Crippen molar-refractivity contribution in [2.24, 2.45) is 0 Å². The first-order valence-corrected chi connectivity index (χ1v) is 9.62. The maximum absolute atomic E-state index is 12.4. The maximum Gasteiger partial charge on any atom is 0.325 e. The van der Waals surface area contributed by atoms with Crippen molar-refractivity contribution in [3.63, 3.8) is 0 Å². The minimum absolute atomic E-state index is 0.225. The average molecular weight is 388 g/mol. The molecular weight excluding hydrogens is 364 g/mol. The molecular formula is C20H24N2O4S. The molecule has 144 valence electrons. The quantitative estimate of drug-likeness (QED) is 0.707. The van der Waals surface area contributed by atoms with Crippen LogP contribution in [-0.4, -0.2) is 30.4 Å². The topological polar surface area (TPSA) is 84.5 Å². The highest BCUT2D eigenvalue weighted by atomic mass is 32.1. The lowest BCUT2D eigenvalue weighted by molar-refractivity contribution is -0.146. The van der Waals surface area contributed by atoms with Crippen molar-refractivity contribution in [1.82, 2.24) is 5.32 Å². The fraction of sp³-hybridized carbons (Fsp3) is 0.350. The van der Waals surface area contributed by atoms with E-state index in [1.165, 1.54) is 11.3 Å². The average Bonchev–Trinajstić information content (AvgIpc) is 3.07. The van der Waals surface area contributed by atoms with Crippen molar-refractivity contribution in [2.75, 3.05) is 11.9 Å². The number of ether oxygens (including phenoxy) is 1. The zero-order chi connectivity index (χ0) is 20.0. The third-order valence-corrected chi connectivity index (χ3v) is 4.57. The number of rotatable bonds is 7. The second-order valence-corrected chi connectivity index (χ2v) is 7.53. The Labute approximate surface area is 162 Å². The Morgan fingerprint density at radius 3 is 2.26 bits per heavy atom. The third kappa shape index (κ3) is 5.92. The van der Waals surface area contributed by atoms with Crippen LogP contribution in [0.15, 0.2) is 35.7 Å². The van der Waals surface area contributed by atoms with Gasteiger partial charge in [-0.1, -0.05) is 26.0 Å². The number of thiophene rings is 1. The third-order valence-electron chi connectivity index (χ3n) is 3.74. The van der Waals surface area contributed by atoms with Crippen LogP contribution in [0.3, 0.4) is 0 Å². The molecule has 2 N–H and O–H groups in total. The molecule has 0 aliphatic carbocycles. The van der Waals surface area contributed by atoms with Gasteiger partial charge in [0.1, 0.15) is 11.5 Å². The van der Waals surface area contributed by atoms with Gasteiger partial charge >= 0.3 is 5.97 Å². The second kappa shape index (κ2) is 9.32. The maximum atomic E-state index is 12.4. The molecule has 7 heteroatoms. The van der Waals surface area contributed by atoms with E-state index in [2.05, 4.69) is 24.5 Å². The van der Waals surface area contributed by atoms with Gasteiger partial charge in [-0.05, 0) is 48.9 Å². The second-order valence-electron chi connectivity index (χ2n) is 6.62. The van der Waals surface area contributed by atoms with E-state index in [0.29, 0.717) is 22.0 Å². The summed E-state index contributed by atoms with van der Waals surface area (Å²) in [6.07, 6.45) is -0.243. The molecule has 1 heterocycles. The van der Waals surface area contributed by atoms with Crippen molar-refractivity contribution in [3.05, 3.63) is 52.4 Å². The first kappa shape index (κ1) is 20.6. The lowest BCUT2D eigenvalue weighted by atomic mass is 10.0. The van der Waals surface area contributed by atoms with E-state index in [0.717, 1.165) is 5.56 Å². The lowest BCUT2D eigenvalue weighted by Gasteiger charge is -2.10. The van der Waals surface area contributed by atoms with Crippen LogP contribution >= 0.6 is 11.3 Å². The highest BCUT2D eigenvalue weighted by Crippen LogP contribution is 2.24. The molecule has 0 unspecified atom stereocenters. The molecule has 0 bridgehead atoms. The summed E-state index contributed by atoms with van der Waals surface area (Å²) in [6, 6.07) is 8.97. The van der Waals surface area contributed by atoms with Crippen molar-refractivity contribution < 1.29 is 19.1 Å². The van der Waals surface area contributed by atoms with Gasteiger partial charge in [-0.2, -0.15) is 0 Å². The summed E-state index contributed by atoms with van der Waals surface area (Å²) in [7, 11) is 0. The van der Waals surface area contributed by atoms with Crippen molar-refractivity contribution >= 4 is 34.1 Å². The first-order valence-electron chi connectivity index (χ1n) is 8.74. The van der Waals surface area contributed by atoms with Crippen LogP contribution in [0.4, 0.5) is 5.00 Å². The van der Waals surface area contributed by atoms with Gasteiger partial charge in [-0.25, -0.2) is 0 Å². The summed E-state index contributed by atoms with van der Waals surface area (Å²) in [4.78, 5) is 36.3. The smallest absolute Gasteiger partial charge is 0.325 e. The summed E-state index contributed by atoms with van der Waals surface area (Å²) in [6.45, 7) is 7.42. The van der Waals surface area contributed by atoms with E-state index in [9.17, 15) is 14.4 Å². The molecule has 0 spiro atoms. The van der Waals surface area contributed by atoms with Crippen LogP contribution < -0.4 is 10.6 Å². The molecule has 0 saturated heterocycles. The molecule has 0 aliphatic heterocycles. The van der Waals surface area contributed by atoms with Crippen molar-refractivity contribution in [3.8, 4) is 0 Å². The minimum atomic E-state index is -0.510. The molecule has 2 aromatic rings. The molecule has 2 rings (SSSR count). The number of carbonyl (C=O) groups is 3. The van der Waals surface area contributed by atoms with Gasteiger partial charge in [0.2, 0.25) is 0 Å². The van der Waals surface area contributed by atoms with E-state index in [1.54, 1.807) is 37.4 Å². The highest BCUT2D eigenvalue weighted by molar-refractivity contribution is 7.14. The molecule has 0 radical (unpaired) electrons. The number of anilines is 1. The predicted molar refractivity (Wildman–Crippen MR) is 106 cm³/mol. The Morgan fingerprint density at radius 1 is 1.00 bits per heavy atom. The number of benzene rings is 1. The Kier molecular flexibility index (Phi) is 7.12. The SMILES string of the molecule is CC(C)OC(=O)CNC(=O)c1ccsc1NC(=O)c1ccc(C(C)C)cc1. The summed E-state index contributed by atoms with van der Waals surface area (Å²) >= 11 is 1.24. The number of esters is 1. The van der Waals surface area contributed by atoms with Gasteiger partial charge in [0, 0.05) is 5.56 Å². The number of nitrogens with one attached hydrogen (secondary N) is 2. The highest BCUT2D eigenvalue weighted by Gasteiger charge is 2.17. The number of hydrogen-bond acceptors (Lipinski definition) is 5. The number of carbonyl (C=O) groups excluding carboxylic acids is 3. The summed E-state index contributed by atoms with van der Waals surface area (Å²) in [5.74, 6) is -0.857. The normalized spacial score (nSPS) is 10.7. The van der Waals surface area contributed by atoms with E-state index in [-0.39, 0.29) is 18.6 Å². The van der Waals surface area contributed by atoms with Gasteiger partial charge in [0.15, 0.2) is 0 Å². The molecule has 0 atom stereocenters. The fourth-order valence-electron chi connectivity index (χ4n) is 2.33. The standard InChI is InChI=1S/C20H24N2O4S/c1-12(2)14-5-7-15(8-6-14)18(24)22-20-16(9-10-27-20)19(25)21-11-17(23)26-13(3)4/h5-10,12-13H,11H2,1-4H3,(H,21,25)(H,22,24). The van der Waals surface area contributed by atoms with Crippen LogP contribution in [-0.2, 0) is 9.53 Å². The van der Waals surface area contributed by atoms with E-state index >= 15 is 0 Å².